The van der Waals surface area contributed by atoms with Gasteiger partial charge in [-0.25, -0.2) is 9.78 Å². The Kier molecular flexibility index (Phi) is 3.94. The molecular formula is C22H32O4. The molecule has 5 rings (SSSR count). The third-order valence-corrected chi connectivity index (χ3v) is 8.51. The van der Waals surface area contributed by atoms with E-state index in [9.17, 15) is 4.79 Å². The summed E-state index contributed by atoms with van der Waals surface area (Å²) in [5, 5.41) is 0. The molecule has 0 aromatic carbocycles. The van der Waals surface area contributed by atoms with Crippen LogP contribution in [0.25, 0.3) is 0 Å². The minimum Gasteiger partial charge on any atom is -0.365 e. The number of ketones is 1. The fourth-order valence-electron chi connectivity index (χ4n) is 7.37. The van der Waals surface area contributed by atoms with E-state index in [2.05, 4.69) is 13.8 Å². The lowest BCUT2D eigenvalue weighted by Gasteiger charge is -2.55. The van der Waals surface area contributed by atoms with E-state index in [0.29, 0.717) is 42.9 Å². The summed E-state index contributed by atoms with van der Waals surface area (Å²) in [6.07, 6.45) is 9.62. The van der Waals surface area contributed by atoms with Crippen LogP contribution in [0.3, 0.4) is 0 Å². The largest absolute Gasteiger partial charge is 0.365 e. The van der Waals surface area contributed by atoms with Crippen molar-refractivity contribution in [1.82, 2.24) is 0 Å². The van der Waals surface area contributed by atoms with Gasteiger partial charge < -0.3 is 4.74 Å². The normalized spacial score (nSPS) is 51.8. The van der Waals surface area contributed by atoms with Crippen LogP contribution >= 0.6 is 0 Å². The van der Waals surface area contributed by atoms with E-state index in [1.54, 1.807) is 0 Å². The minimum atomic E-state index is 0.125. The van der Waals surface area contributed by atoms with Gasteiger partial charge in [-0.05, 0) is 80.3 Å². The number of rotatable bonds is 4. The Morgan fingerprint density at radius 1 is 1.23 bits per heavy atom. The maximum absolute atomic E-state index is 13.3. The first kappa shape index (κ1) is 17.4. The summed E-state index contributed by atoms with van der Waals surface area (Å²) < 4.78 is 5.87. The van der Waals surface area contributed by atoms with Crippen molar-refractivity contribution in [2.45, 2.75) is 71.5 Å². The molecule has 3 saturated carbocycles. The van der Waals surface area contributed by atoms with E-state index in [1.165, 1.54) is 24.8 Å². The average Bonchev–Trinajstić information content (AvgIpc) is 3.31. The molecule has 0 aromatic heterocycles. The first-order valence-corrected chi connectivity index (χ1v) is 10.6. The Balaban J connectivity index is 1.48. The Labute approximate surface area is 156 Å². The zero-order chi connectivity index (χ0) is 18.1. The molecule has 8 atom stereocenters. The second-order valence-corrected chi connectivity index (χ2v) is 9.91. The van der Waals surface area contributed by atoms with Gasteiger partial charge in [0.2, 0.25) is 0 Å². The zero-order valence-corrected chi connectivity index (χ0v) is 16.3. The molecule has 0 spiro atoms. The Morgan fingerprint density at radius 3 is 2.88 bits per heavy atom. The zero-order valence-electron chi connectivity index (χ0n) is 16.3. The third kappa shape index (κ3) is 2.34. The standard InChI is InChI=1S/C22H32O4/c1-4-24-25-12-22-8-5-14-19(15(22)9-13(2)11-22)17(23)10-16-20-18(26-20)6-7-21(14,16)3/h10,13-15,18-20H,4-9,11-12H2,1-3H3/t13-,14+,15+,18-,19-,20+,21-,22-/m1/s1. The van der Waals surface area contributed by atoms with Crippen LogP contribution in [0.4, 0.5) is 0 Å². The van der Waals surface area contributed by atoms with Crippen molar-refractivity contribution in [1.29, 1.82) is 0 Å². The highest BCUT2D eigenvalue weighted by molar-refractivity contribution is 5.95. The number of fused-ring (bicyclic) bond motifs is 7. The lowest BCUT2D eigenvalue weighted by atomic mass is 9.48. The summed E-state index contributed by atoms with van der Waals surface area (Å²) >= 11 is 0. The maximum atomic E-state index is 13.3. The molecule has 4 nitrogen and oxygen atoms in total. The monoisotopic (exact) mass is 360 g/mol. The molecule has 0 radical (unpaired) electrons. The van der Waals surface area contributed by atoms with Crippen LogP contribution in [0.1, 0.15) is 59.3 Å². The van der Waals surface area contributed by atoms with E-state index in [1.807, 2.05) is 13.0 Å². The second kappa shape index (κ2) is 5.89. The summed E-state index contributed by atoms with van der Waals surface area (Å²) in [6, 6.07) is 0. The highest BCUT2D eigenvalue weighted by Gasteiger charge is 2.64. The fourth-order valence-corrected chi connectivity index (χ4v) is 7.37. The molecule has 26 heavy (non-hydrogen) atoms. The van der Waals surface area contributed by atoms with E-state index in [0.717, 1.165) is 19.3 Å². The van der Waals surface area contributed by atoms with E-state index in [4.69, 9.17) is 14.5 Å². The molecule has 4 aliphatic carbocycles. The van der Waals surface area contributed by atoms with E-state index < -0.39 is 0 Å². The molecule has 5 aliphatic rings. The van der Waals surface area contributed by atoms with Gasteiger partial charge in [-0.15, -0.1) is 0 Å². The number of allylic oxidation sites excluding steroid dienone is 1. The van der Waals surface area contributed by atoms with Crippen LogP contribution in [0.15, 0.2) is 11.6 Å². The lowest BCUT2D eigenvalue weighted by molar-refractivity contribution is -0.313. The van der Waals surface area contributed by atoms with Crippen molar-refractivity contribution in [3.8, 4) is 0 Å². The Hall–Kier alpha value is -0.710. The van der Waals surface area contributed by atoms with Gasteiger partial charge in [-0.3, -0.25) is 4.79 Å². The predicted molar refractivity (Wildman–Crippen MR) is 97.2 cm³/mol. The van der Waals surface area contributed by atoms with Gasteiger partial charge in [-0.1, -0.05) is 13.8 Å². The SMILES string of the molecule is CCOOC[C@]12CC[C@H]3[C@@H](C(=O)C=C4[C@@H]5O[C@@H]5CC[C@@]43C)[C@@H]1C[C@@H](C)C2. The lowest BCUT2D eigenvalue weighted by Crippen LogP contribution is -2.54. The van der Waals surface area contributed by atoms with Gasteiger partial charge in [0.05, 0.1) is 19.3 Å². The van der Waals surface area contributed by atoms with Crippen molar-refractivity contribution in [2.75, 3.05) is 13.2 Å². The van der Waals surface area contributed by atoms with Crippen molar-refractivity contribution >= 4 is 5.78 Å². The first-order chi connectivity index (χ1) is 12.5. The van der Waals surface area contributed by atoms with Gasteiger partial charge in [0.25, 0.3) is 0 Å². The van der Waals surface area contributed by atoms with Crippen LogP contribution in [0, 0.1) is 34.5 Å². The summed E-state index contributed by atoms with van der Waals surface area (Å²) in [5.74, 6) is 2.13. The molecule has 0 bridgehead atoms. The molecule has 0 aromatic rings. The predicted octanol–water partition coefficient (Wildman–Crippen LogP) is 4.09. The van der Waals surface area contributed by atoms with Crippen molar-refractivity contribution in [3.63, 3.8) is 0 Å². The van der Waals surface area contributed by atoms with E-state index >= 15 is 0 Å². The summed E-state index contributed by atoms with van der Waals surface area (Å²) in [4.78, 5) is 24.2. The van der Waals surface area contributed by atoms with Gasteiger partial charge in [0, 0.05) is 11.3 Å². The number of hydrogen-bond acceptors (Lipinski definition) is 4. The molecule has 1 heterocycles. The van der Waals surface area contributed by atoms with Gasteiger partial charge in [-0.2, -0.15) is 0 Å². The van der Waals surface area contributed by atoms with Crippen molar-refractivity contribution < 1.29 is 19.3 Å². The topological polar surface area (TPSA) is 48.1 Å². The second-order valence-electron chi connectivity index (χ2n) is 9.91. The summed E-state index contributed by atoms with van der Waals surface area (Å²) in [6.45, 7) is 7.94. The number of epoxide rings is 1. The van der Waals surface area contributed by atoms with Crippen molar-refractivity contribution in [3.05, 3.63) is 11.6 Å². The smallest absolute Gasteiger partial charge is 0.159 e. The van der Waals surface area contributed by atoms with Crippen LogP contribution < -0.4 is 0 Å². The molecule has 1 aliphatic heterocycles. The molecule has 4 heteroatoms. The molecule has 0 N–H and O–H groups in total. The number of hydrogen-bond donors (Lipinski definition) is 0. The maximum Gasteiger partial charge on any atom is 0.159 e. The summed E-state index contributed by atoms with van der Waals surface area (Å²) in [7, 11) is 0. The molecular weight excluding hydrogens is 328 g/mol. The minimum absolute atomic E-state index is 0.125. The molecule has 1 saturated heterocycles. The van der Waals surface area contributed by atoms with Crippen LogP contribution in [0.2, 0.25) is 0 Å². The van der Waals surface area contributed by atoms with Crippen LogP contribution in [-0.2, 0) is 19.3 Å². The molecule has 0 unspecified atom stereocenters. The Bertz CT molecular complexity index is 642. The molecule has 144 valence electrons. The highest BCUT2D eigenvalue weighted by atomic mass is 17.2. The fraction of sp³-hybridized carbons (Fsp3) is 0.864. The quantitative estimate of drug-likeness (QED) is 0.328. The average molecular weight is 360 g/mol. The summed E-state index contributed by atoms with van der Waals surface area (Å²) in [5.41, 5.74) is 1.61. The number of carbonyl (C=O) groups excluding carboxylic acids is 1. The molecule has 4 fully saturated rings. The number of ether oxygens (including phenoxy) is 1. The van der Waals surface area contributed by atoms with Gasteiger partial charge >= 0.3 is 0 Å². The van der Waals surface area contributed by atoms with Gasteiger partial charge in [0.15, 0.2) is 5.78 Å². The van der Waals surface area contributed by atoms with Crippen LogP contribution in [0.5, 0.6) is 0 Å². The van der Waals surface area contributed by atoms with Gasteiger partial charge in [0.1, 0.15) is 6.10 Å². The number of carbonyl (C=O) groups is 1. The van der Waals surface area contributed by atoms with Crippen LogP contribution in [-0.4, -0.2) is 31.2 Å². The third-order valence-electron chi connectivity index (χ3n) is 8.51. The highest BCUT2D eigenvalue weighted by Crippen LogP contribution is 2.66. The van der Waals surface area contributed by atoms with E-state index in [-0.39, 0.29) is 22.9 Å². The first-order valence-electron chi connectivity index (χ1n) is 10.6. The molecule has 0 amide bonds. The van der Waals surface area contributed by atoms with Crippen molar-refractivity contribution in [2.24, 2.45) is 34.5 Å². The Morgan fingerprint density at radius 2 is 2.08 bits per heavy atom.